The first-order valence-corrected chi connectivity index (χ1v) is 6.52. The molecule has 0 spiro atoms. The molecule has 0 saturated heterocycles. The van der Waals surface area contributed by atoms with Crippen LogP contribution in [0.25, 0.3) is 5.65 Å². The largest absolute Gasteiger partial charge is 0.387 e. The van der Waals surface area contributed by atoms with Gasteiger partial charge in [-0.2, -0.15) is 0 Å². The molecule has 0 radical (unpaired) electrons. The topological polar surface area (TPSA) is 37.5 Å². The molecule has 98 valence electrons. The third-order valence-corrected chi connectivity index (χ3v) is 3.29. The zero-order chi connectivity index (χ0) is 13.5. The highest BCUT2D eigenvalue weighted by Crippen LogP contribution is 2.32. The molecule has 0 aliphatic carbocycles. The van der Waals surface area contributed by atoms with E-state index < -0.39 is 6.10 Å². The molecule has 2 heterocycles. The molecule has 0 aliphatic rings. The number of imidazole rings is 1. The van der Waals surface area contributed by atoms with Crippen LogP contribution in [0, 0.1) is 6.92 Å². The van der Waals surface area contributed by atoms with E-state index in [2.05, 4.69) is 25.2 Å². The van der Waals surface area contributed by atoms with Crippen LogP contribution in [0.3, 0.4) is 0 Å². The molecule has 2 rings (SSSR count). The van der Waals surface area contributed by atoms with Crippen LogP contribution in [0.5, 0.6) is 0 Å². The molecule has 1 atom stereocenters. The molecule has 0 aliphatic heterocycles. The number of hydrogen-bond donors (Lipinski definition) is 1. The molecule has 1 unspecified atom stereocenters. The summed E-state index contributed by atoms with van der Waals surface area (Å²) in [6, 6.07) is 6.05. The van der Waals surface area contributed by atoms with Gasteiger partial charge in [-0.1, -0.05) is 33.8 Å². The minimum atomic E-state index is -0.463. The Morgan fingerprint density at radius 2 is 2.00 bits per heavy atom. The van der Waals surface area contributed by atoms with E-state index >= 15 is 0 Å². The summed E-state index contributed by atoms with van der Waals surface area (Å²) in [4.78, 5) is 4.72. The number of pyridine rings is 1. The summed E-state index contributed by atoms with van der Waals surface area (Å²) in [5.41, 5.74) is 3.90. The average molecular weight is 246 g/mol. The fourth-order valence-electron chi connectivity index (χ4n) is 2.33. The minimum absolute atomic E-state index is 0.0655. The Labute approximate surface area is 108 Å². The van der Waals surface area contributed by atoms with E-state index in [0.717, 1.165) is 22.7 Å². The van der Waals surface area contributed by atoms with Crippen molar-refractivity contribution in [3.8, 4) is 0 Å². The SMILES string of the molecule is CCC(O)c1c(C(C)(C)C)nc2cccc(C)n12. The van der Waals surface area contributed by atoms with Crippen LogP contribution in [0.1, 0.15) is 57.3 Å². The first-order valence-electron chi connectivity index (χ1n) is 6.52. The van der Waals surface area contributed by atoms with Crippen molar-refractivity contribution in [2.75, 3.05) is 0 Å². The highest BCUT2D eigenvalue weighted by molar-refractivity contribution is 5.47. The average Bonchev–Trinajstić information content (AvgIpc) is 2.68. The summed E-state index contributed by atoms with van der Waals surface area (Å²) < 4.78 is 2.08. The van der Waals surface area contributed by atoms with Crippen molar-refractivity contribution in [2.45, 2.75) is 52.6 Å². The maximum Gasteiger partial charge on any atom is 0.137 e. The number of fused-ring (bicyclic) bond motifs is 1. The lowest BCUT2D eigenvalue weighted by atomic mass is 9.89. The van der Waals surface area contributed by atoms with E-state index in [1.54, 1.807) is 0 Å². The van der Waals surface area contributed by atoms with Gasteiger partial charge in [-0.05, 0) is 25.5 Å². The maximum absolute atomic E-state index is 10.3. The lowest BCUT2D eigenvalue weighted by Crippen LogP contribution is -2.17. The Morgan fingerprint density at radius 1 is 1.33 bits per heavy atom. The number of rotatable bonds is 2. The number of aliphatic hydroxyl groups is 1. The van der Waals surface area contributed by atoms with Crippen molar-refractivity contribution in [3.05, 3.63) is 35.3 Å². The standard InChI is InChI=1S/C15H22N2O/c1-6-11(18)13-14(15(3,4)5)16-12-9-7-8-10(2)17(12)13/h7-9,11,18H,6H2,1-5H3. The monoisotopic (exact) mass is 246 g/mol. The van der Waals surface area contributed by atoms with Crippen LogP contribution in [-0.4, -0.2) is 14.5 Å². The van der Waals surface area contributed by atoms with E-state index in [9.17, 15) is 5.11 Å². The minimum Gasteiger partial charge on any atom is -0.387 e. The van der Waals surface area contributed by atoms with Gasteiger partial charge in [0.05, 0.1) is 17.5 Å². The van der Waals surface area contributed by atoms with Gasteiger partial charge in [-0.15, -0.1) is 0 Å². The highest BCUT2D eigenvalue weighted by Gasteiger charge is 2.27. The van der Waals surface area contributed by atoms with Gasteiger partial charge in [0.1, 0.15) is 5.65 Å². The summed E-state index contributed by atoms with van der Waals surface area (Å²) in [6.07, 6.45) is 0.237. The van der Waals surface area contributed by atoms with E-state index in [1.807, 2.05) is 32.0 Å². The molecule has 2 aromatic heterocycles. The number of nitrogens with zero attached hydrogens (tertiary/aromatic N) is 2. The van der Waals surface area contributed by atoms with Crippen molar-refractivity contribution >= 4 is 5.65 Å². The van der Waals surface area contributed by atoms with Crippen LogP contribution >= 0.6 is 0 Å². The van der Waals surface area contributed by atoms with E-state index in [4.69, 9.17) is 4.98 Å². The Balaban J connectivity index is 2.83. The fourth-order valence-corrected chi connectivity index (χ4v) is 2.33. The Hall–Kier alpha value is -1.35. The second kappa shape index (κ2) is 4.39. The van der Waals surface area contributed by atoms with Gasteiger partial charge in [0.2, 0.25) is 0 Å². The zero-order valence-electron chi connectivity index (χ0n) is 11.9. The third-order valence-electron chi connectivity index (χ3n) is 3.29. The smallest absolute Gasteiger partial charge is 0.137 e. The molecular formula is C15H22N2O. The van der Waals surface area contributed by atoms with Gasteiger partial charge in [0.15, 0.2) is 0 Å². The zero-order valence-corrected chi connectivity index (χ0v) is 11.9. The van der Waals surface area contributed by atoms with Crippen LogP contribution in [0.4, 0.5) is 0 Å². The second-order valence-electron chi connectivity index (χ2n) is 5.88. The molecule has 0 bridgehead atoms. The van der Waals surface area contributed by atoms with Gasteiger partial charge >= 0.3 is 0 Å². The number of hydrogen-bond acceptors (Lipinski definition) is 2. The molecule has 0 saturated carbocycles. The molecule has 0 aromatic carbocycles. The van der Waals surface area contributed by atoms with Crippen molar-refractivity contribution in [2.24, 2.45) is 0 Å². The van der Waals surface area contributed by atoms with E-state index in [-0.39, 0.29) is 5.41 Å². The van der Waals surface area contributed by atoms with Crippen LogP contribution < -0.4 is 0 Å². The number of aliphatic hydroxyl groups excluding tert-OH is 1. The molecular weight excluding hydrogens is 224 g/mol. The summed E-state index contributed by atoms with van der Waals surface area (Å²) in [7, 11) is 0. The van der Waals surface area contributed by atoms with Gasteiger partial charge < -0.3 is 5.11 Å². The van der Waals surface area contributed by atoms with Crippen molar-refractivity contribution < 1.29 is 5.11 Å². The van der Waals surface area contributed by atoms with Gasteiger partial charge in [-0.25, -0.2) is 4.98 Å². The van der Waals surface area contributed by atoms with Crippen LogP contribution in [-0.2, 0) is 5.41 Å². The van der Waals surface area contributed by atoms with Crippen LogP contribution in [0.15, 0.2) is 18.2 Å². The Kier molecular flexibility index (Phi) is 3.20. The lowest BCUT2D eigenvalue weighted by molar-refractivity contribution is 0.165. The molecule has 18 heavy (non-hydrogen) atoms. The fraction of sp³-hybridized carbons (Fsp3) is 0.533. The number of aromatic nitrogens is 2. The summed E-state index contributed by atoms with van der Waals surface area (Å²) in [6.45, 7) is 10.4. The molecule has 0 amide bonds. The van der Waals surface area contributed by atoms with Gasteiger partial charge in [0, 0.05) is 11.1 Å². The summed E-state index contributed by atoms with van der Waals surface area (Å²) in [5.74, 6) is 0. The third kappa shape index (κ3) is 2.03. The molecule has 2 aromatic rings. The number of aryl methyl sites for hydroxylation is 1. The van der Waals surface area contributed by atoms with Crippen LogP contribution in [0.2, 0.25) is 0 Å². The van der Waals surface area contributed by atoms with Crippen molar-refractivity contribution in [1.29, 1.82) is 0 Å². The van der Waals surface area contributed by atoms with Crippen molar-refractivity contribution in [3.63, 3.8) is 0 Å². The first-order chi connectivity index (χ1) is 8.36. The van der Waals surface area contributed by atoms with Gasteiger partial charge in [0.25, 0.3) is 0 Å². The lowest BCUT2D eigenvalue weighted by Gasteiger charge is -2.20. The molecule has 1 N–H and O–H groups in total. The first kappa shape index (κ1) is 13.1. The van der Waals surface area contributed by atoms with E-state index in [1.165, 1.54) is 0 Å². The molecule has 3 heteroatoms. The summed E-state index contributed by atoms with van der Waals surface area (Å²) >= 11 is 0. The summed E-state index contributed by atoms with van der Waals surface area (Å²) in [5, 5.41) is 10.3. The predicted molar refractivity (Wildman–Crippen MR) is 73.9 cm³/mol. The van der Waals surface area contributed by atoms with Crippen molar-refractivity contribution in [1.82, 2.24) is 9.38 Å². The normalized spacial score (nSPS) is 14.1. The maximum atomic E-state index is 10.3. The predicted octanol–water partition coefficient (Wildman–Crippen LogP) is 3.38. The molecule has 3 nitrogen and oxygen atoms in total. The molecule has 0 fully saturated rings. The second-order valence-corrected chi connectivity index (χ2v) is 5.88. The quantitative estimate of drug-likeness (QED) is 0.882. The van der Waals surface area contributed by atoms with Gasteiger partial charge in [-0.3, -0.25) is 4.40 Å². The van der Waals surface area contributed by atoms with E-state index in [0.29, 0.717) is 6.42 Å². The Morgan fingerprint density at radius 3 is 2.56 bits per heavy atom. The highest BCUT2D eigenvalue weighted by atomic mass is 16.3. The Bertz CT molecular complexity index is 564.